The molecule has 0 unspecified atom stereocenters. The number of nitrogens with zero attached hydrogens (tertiary/aromatic N) is 1. The van der Waals surface area contributed by atoms with E-state index in [1.54, 1.807) is 6.92 Å². The van der Waals surface area contributed by atoms with Gasteiger partial charge in [-0.15, -0.1) is 0 Å². The van der Waals surface area contributed by atoms with Crippen LogP contribution in [-0.4, -0.2) is 19.3 Å². The van der Waals surface area contributed by atoms with Gasteiger partial charge < -0.3 is 5.32 Å². The molecule has 0 fully saturated rings. The van der Waals surface area contributed by atoms with Crippen LogP contribution in [0.4, 0.5) is 15.2 Å². The summed E-state index contributed by atoms with van der Waals surface area (Å²) in [5, 5.41) is 2.84. The van der Waals surface area contributed by atoms with Crippen molar-refractivity contribution >= 4 is 38.1 Å². The van der Waals surface area contributed by atoms with Gasteiger partial charge in [0.05, 0.1) is 10.6 Å². The van der Waals surface area contributed by atoms with Gasteiger partial charge in [0.25, 0.3) is 15.9 Å². The molecular weight excluding hydrogens is 401 g/mol. The zero-order chi connectivity index (χ0) is 20.3. The van der Waals surface area contributed by atoms with E-state index in [2.05, 4.69) is 15.0 Å². The Morgan fingerprint density at radius 2 is 1.75 bits per heavy atom. The largest absolute Gasteiger partial charge is 0.321 e. The average Bonchev–Trinajstić information content (AvgIpc) is 3.02. The van der Waals surface area contributed by atoms with Gasteiger partial charge in [-0.25, -0.2) is 17.8 Å². The minimum atomic E-state index is -3.93. The summed E-state index contributed by atoms with van der Waals surface area (Å²) < 4.78 is 40.1. The van der Waals surface area contributed by atoms with Crippen molar-refractivity contribution in [2.75, 3.05) is 10.0 Å². The summed E-state index contributed by atoms with van der Waals surface area (Å²) in [4.78, 5) is 16.8. The number of hydrogen-bond acceptors (Lipinski definition) is 5. The van der Waals surface area contributed by atoms with Crippen molar-refractivity contribution in [1.82, 2.24) is 4.98 Å². The number of thiazole rings is 1. The second-order valence-corrected chi connectivity index (χ2v) is 8.68. The number of rotatable bonds is 6. The molecule has 0 spiro atoms. The van der Waals surface area contributed by atoms with Crippen LogP contribution < -0.4 is 10.0 Å². The number of hydrogen-bond donors (Lipinski definition) is 2. The average molecular weight is 420 g/mol. The third-order valence-electron chi connectivity index (χ3n) is 3.97. The second-order valence-electron chi connectivity index (χ2n) is 6.00. The summed E-state index contributed by atoms with van der Waals surface area (Å²) >= 11 is 0.932. The molecule has 0 radical (unpaired) electrons. The predicted molar refractivity (Wildman–Crippen MR) is 108 cm³/mol. The van der Waals surface area contributed by atoms with E-state index < -0.39 is 15.8 Å². The first-order valence-electron chi connectivity index (χ1n) is 8.44. The van der Waals surface area contributed by atoms with Gasteiger partial charge >= 0.3 is 0 Å². The summed E-state index contributed by atoms with van der Waals surface area (Å²) in [5.41, 5.74) is 2.21. The number of halogens is 1. The highest BCUT2D eigenvalue weighted by atomic mass is 32.2. The van der Waals surface area contributed by atoms with Gasteiger partial charge in [0.2, 0.25) is 0 Å². The molecule has 1 amide bonds. The van der Waals surface area contributed by atoms with Crippen LogP contribution in [-0.2, 0) is 16.4 Å². The molecule has 0 aliphatic carbocycles. The third kappa shape index (κ3) is 4.55. The van der Waals surface area contributed by atoms with Crippen LogP contribution in [0.1, 0.15) is 27.9 Å². The number of amides is 1. The van der Waals surface area contributed by atoms with Gasteiger partial charge in [-0.2, -0.15) is 0 Å². The molecule has 2 N–H and O–H groups in total. The van der Waals surface area contributed by atoms with Gasteiger partial charge in [0, 0.05) is 5.69 Å². The number of carbonyl (C=O) groups is 1. The Bertz CT molecular complexity index is 1090. The fourth-order valence-electron chi connectivity index (χ4n) is 2.45. The molecule has 3 rings (SSSR count). The van der Waals surface area contributed by atoms with E-state index in [1.165, 1.54) is 0 Å². The van der Waals surface area contributed by atoms with Crippen molar-refractivity contribution in [3.8, 4) is 0 Å². The van der Waals surface area contributed by atoms with E-state index in [9.17, 15) is 17.6 Å². The summed E-state index contributed by atoms with van der Waals surface area (Å²) in [7, 11) is -3.93. The van der Waals surface area contributed by atoms with Crippen molar-refractivity contribution < 1.29 is 17.6 Å². The number of sulfonamides is 1. The second kappa shape index (κ2) is 8.07. The van der Waals surface area contributed by atoms with E-state index in [4.69, 9.17) is 0 Å². The normalized spacial score (nSPS) is 11.2. The van der Waals surface area contributed by atoms with Crippen molar-refractivity contribution in [1.29, 1.82) is 0 Å². The van der Waals surface area contributed by atoms with Crippen LogP contribution in [0.5, 0.6) is 0 Å². The summed E-state index contributed by atoms with van der Waals surface area (Å²) in [5.74, 6) is -0.901. The zero-order valence-corrected chi connectivity index (χ0v) is 16.8. The van der Waals surface area contributed by atoms with Crippen LogP contribution in [0.25, 0.3) is 0 Å². The topological polar surface area (TPSA) is 88.2 Å². The third-order valence-corrected chi connectivity index (χ3v) is 6.52. The maximum atomic E-state index is 13.0. The maximum absolute atomic E-state index is 13.0. The minimum Gasteiger partial charge on any atom is -0.321 e. The number of aryl methyl sites for hydroxylation is 2. The lowest BCUT2D eigenvalue weighted by atomic mass is 10.1. The molecule has 0 saturated heterocycles. The minimum absolute atomic E-state index is 0.0632. The maximum Gasteiger partial charge on any atom is 0.267 e. The number of benzene rings is 2. The molecule has 0 bridgehead atoms. The Kier molecular flexibility index (Phi) is 5.76. The molecule has 0 aliphatic heterocycles. The van der Waals surface area contributed by atoms with Crippen molar-refractivity contribution in [2.45, 2.75) is 25.2 Å². The molecule has 0 saturated carbocycles. The molecule has 2 aromatic carbocycles. The molecule has 146 valence electrons. The van der Waals surface area contributed by atoms with E-state index in [1.807, 2.05) is 31.2 Å². The van der Waals surface area contributed by atoms with E-state index in [0.717, 1.165) is 47.6 Å². The zero-order valence-electron chi connectivity index (χ0n) is 15.2. The fraction of sp³-hybridized carbons (Fsp3) is 0.158. The molecule has 28 heavy (non-hydrogen) atoms. The fourth-order valence-corrected chi connectivity index (χ4v) is 4.55. The Morgan fingerprint density at radius 1 is 1.11 bits per heavy atom. The molecule has 6 nitrogen and oxygen atoms in total. The molecule has 1 aromatic heterocycles. The molecule has 1 heterocycles. The Hall–Kier alpha value is -2.78. The lowest BCUT2D eigenvalue weighted by Crippen LogP contribution is -2.12. The van der Waals surface area contributed by atoms with E-state index in [0.29, 0.717) is 16.3 Å². The lowest BCUT2D eigenvalue weighted by Gasteiger charge is -2.05. The van der Waals surface area contributed by atoms with Crippen LogP contribution in [0, 0.1) is 12.7 Å². The Labute approximate surface area is 166 Å². The molecule has 0 atom stereocenters. The van der Waals surface area contributed by atoms with Gasteiger partial charge in [0.15, 0.2) is 5.13 Å². The Morgan fingerprint density at radius 3 is 2.36 bits per heavy atom. The highest BCUT2D eigenvalue weighted by Gasteiger charge is 2.20. The Balaban J connectivity index is 1.76. The first kappa shape index (κ1) is 20.0. The number of aromatic nitrogens is 1. The first-order chi connectivity index (χ1) is 13.3. The van der Waals surface area contributed by atoms with Gasteiger partial charge in [-0.05, 0) is 55.3 Å². The van der Waals surface area contributed by atoms with Crippen LogP contribution in [0.3, 0.4) is 0 Å². The first-order valence-corrected chi connectivity index (χ1v) is 10.7. The molecule has 3 aromatic rings. The van der Waals surface area contributed by atoms with E-state index in [-0.39, 0.29) is 15.9 Å². The lowest BCUT2D eigenvalue weighted by molar-refractivity contribution is 0.103. The number of nitrogens with one attached hydrogen (secondary N) is 2. The van der Waals surface area contributed by atoms with Crippen molar-refractivity contribution in [2.24, 2.45) is 0 Å². The molecule has 9 heteroatoms. The summed E-state index contributed by atoms with van der Waals surface area (Å²) in [6, 6.07) is 11.9. The highest BCUT2D eigenvalue weighted by Crippen LogP contribution is 2.26. The number of anilines is 2. The van der Waals surface area contributed by atoms with E-state index >= 15 is 0 Å². The van der Waals surface area contributed by atoms with Crippen LogP contribution >= 0.6 is 11.3 Å². The van der Waals surface area contributed by atoms with Crippen LogP contribution in [0.2, 0.25) is 0 Å². The van der Waals surface area contributed by atoms with Crippen molar-refractivity contribution in [3.05, 3.63) is 70.5 Å². The van der Waals surface area contributed by atoms with Crippen molar-refractivity contribution in [3.63, 3.8) is 0 Å². The molecule has 0 aliphatic rings. The smallest absolute Gasteiger partial charge is 0.267 e. The number of carbonyl (C=O) groups excluding carboxylic acids is 1. The van der Waals surface area contributed by atoms with Gasteiger partial charge in [-0.3, -0.25) is 9.52 Å². The summed E-state index contributed by atoms with van der Waals surface area (Å²) in [6.07, 6.45) is 0.903. The summed E-state index contributed by atoms with van der Waals surface area (Å²) in [6.45, 7) is 3.67. The van der Waals surface area contributed by atoms with Gasteiger partial charge in [0.1, 0.15) is 10.7 Å². The SMILES string of the molecule is CCc1ccc(NC(=O)c2sc(NS(=O)(=O)c3ccc(F)cc3)nc2C)cc1. The highest BCUT2D eigenvalue weighted by molar-refractivity contribution is 7.93. The van der Waals surface area contributed by atoms with Crippen LogP contribution in [0.15, 0.2) is 53.4 Å². The molecular formula is C19H18FN3O3S2. The van der Waals surface area contributed by atoms with Gasteiger partial charge in [-0.1, -0.05) is 30.4 Å². The monoisotopic (exact) mass is 419 g/mol. The standard InChI is InChI=1S/C19H18FN3O3S2/c1-3-13-4-8-15(9-5-13)22-18(24)17-12(2)21-19(27-17)23-28(25,26)16-10-6-14(20)7-11-16/h4-11H,3H2,1-2H3,(H,21,23)(H,22,24). The quantitative estimate of drug-likeness (QED) is 0.627. The predicted octanol–water partition coefficient (Wildman–Crippen LogP) is 4.21.